The van der Waals surface area contributed by atoms with Crippen molar-refractivity contribution in [2.45, 2.75) is 18.9 Å². The van der Waals surface area contributed by atoms with Crippen molar-refractivity contribution in [3.63, 3.8) is 0 Å². The second-order valence-corrected chi connectivity index (χ2v) is 5.41. The molecule has 1 aromatic heterocycles. The van der Waals surface area contributed by atoms with Crippen LogP contribution in [0, 0.1) is 0 Å². The van der Waals surface area contributed by atoms with Gasteiger partial charge in [-0.3, -0.25) is 0 Å². The molecule has 0 saturated heterocycles. The van der Waals surface area contributed by atoms with E-state index >= 15 is 0 Å². The van der Waals surface area contributed by atoms with Crippen LogP contribution in [0.2, 0.25) is 5.15 Å². The van der Waals surface area contributed by atoms with E-state index in [0.717, 1.165) is 18.5 Å². The highest BCUT2D eigenvalue weighted by Crippen LogP contribution is 2.18. The van der Waals surface area contributed by atoms with E-state index < -0.39 is 0 Å². The molecule has 22 heavy (non-hydrogen) atoms. The molecule has 0 fully saturated rings. The molecule has 1 atom stereocenters. The van der Waals surface area contributed by atoms with Crippen molar-refractivity contribution in [2.24, 2.45) is 10.7 Å². The summed E-state index contributed by atoms with van der Waals surface area (Å²) in [5.41, 5.74) is 7.69. The van der Waals surface area contributed by atoms with Gasteiger partial charge in [-0.15, -0.1) is 0 Å². The molecule has 1 aromatic carbocycles. The number of aromatic nitrogens is 2. The quantitative estimate of drug-likeness (QED) is 0.828. The Labute approximate surface area is 133 Å². The molecule has 2 heterocycles. The van der Waals surface area contributed by atoms with Crippen molar-refractivity contribution in [3.8, 4) is 0 Å². The van der Waals surface area contributed by atoms with E-state index in [1.54, 1.807) is 6.07 Å². The number of aliphatic imine (C=N–C) groups is 1. The van der Waals surface area contributed by atoms with Gasteiger partial charge in [0.1, 0.15) is 23.9 Å². The minimum Gasteiger partial charge on any atom is -0.463 e. The molecular weight excluding hydrogens is 302 g/mol. The molecule has 0 amide bonds. The minimum atomic E-state index is 0.168. The molecule has 1 aliphatic heterocycles. The summed E-state index contributed by atoms with van der Waals surface area (Å²) in [6.07, 6.45) is 3.29. The number of nitrogens with two attached hydrogens (primary N) is 1. The SMILES string of the molecule is NC1=NC(CCc2ccc(Nc3cc(Cl)ncn3)cc2)CO1. The third-order valence-electron chi connectivity index (χ3n) is 3.36. The van der Waals surface area contributed by atoms with E-state index in [1.165, 1.54) is 11.9 Å². The first-order valence-electron chi connectivity index (χ1n) is 6.98. The Morgan fingerprint density at radius 2 is 2.09 bits per heavy atom. The van der Waals surface area contributed by atoms with Gasteiger partial charge in [0.05, 0.1) is 6.04 Å². The molecule has 0 aliphatic carbocycles. The summed E-state index contributed by atoms with van der Waals surface area (Å²) < 4.78 is 5.14. The lowest BCUT2D eigenvalue weighted by atomic mass is 10.1. The Morgan fingerprint density at radius 3 is 2.77 bits per heavy atom. The molecule has 6 nitrogen and oxygen atoms in total. The monoisotopic (exact) mass is 317 g/mol. The molecule has 2 aromatic rings. The fourth-order valence-electron chi connectivity index (χ4n) is 2.22. The molecule has 1 aliphatic rings. The van der Waals surface area contributed by atoms with Crippen molar-refractivity contribution < 1.29 is 4.74 Å². The standard InChI is InChI=1S/C15H16ClN5O/c16-13-7-14(19-9-18-13)20-11-4-1-10(2-5-11)3-6-12-8-22-15(17)21-12/h1-2,4-5,7,9,12H,3,6,8H2,(H2,17,21)(H,18,19,20). The van der Waals surface area contributed by atoms with Crippen LogP contribution >= 0.6 is 11.6 Å². The van der Waals surface area contributed by atoms with Gasteiger partial charge in [0.15, 0.2) is 0 Å². The number of hydrogen-bond donors (Lipinski definition) is 2. The first-order chi connectivity index (χ1) is 10.7. The fraction of sp³-hybridized carbons (Fsp3) is 0.267. The first kappa shape index (κ1) is 14.6. The number of anilines is 2. The van der Waals surface area contributed by atoms with Gasteiger partial charge in [0, 0.05) is 11.8 Å². The molecule has 3 N–H and O–H groups in total. The summed E-state index contributed by atoms with van der Waals surface area (Å²) in [5.74, 6) is 0.667. The number of amidine groups is 1. The minimum absolute atomic E-state index is 0.168. The van der Waals surface area contributed by atoms with E-state index in [0.29, 0.717) is 23.6 Å². The number of benzene rings is 1. The summed E-state index contributed by atoms with van der Waals surface area (Å²) in [6, 6.07) is 10.3. The van der Waals surface area contributed by atoms with Crippen LogP contribution in [-0.2, 0) is 11.2 Å². The van der Waals surface area contributed by atoms with E-state index in [2.05, 4.69) is 32.4 Å². The number of nitrogens with one attached hydrogen (secondary N) is 1. The van der Waals surface area contributed by atoms with Gasteiger partial charge in [-0.25, -0.2) is 15.0 Å². The van der Waals surface area contributed by atoms with E-state index in [-0.39, 0.29) is 6.04 Å². The Balaban J connectivity index is 1.56. The summed E-state index contributed by atoms with van der Waals surface area (Å²) in [6.45, 7) is 0.583. The Kier molecular flexibility index (Phi) is 4.39. The topological polar surface area (TPSA) is 85.4 Å². The molecule has 0 saturated carbocycles. The average molecular weight is 318 g/mol. The van der Waals surface area contributed by atoms with Crippen LogP contribution in [0.25, 0.3) is 0 Å². The number of hydrogen-bond acceptors (Lipinski definition) is 6. The summed E-state index contributed by atoms with van der Waals surface area (Å²) in [7, 11) is 0. The largest absolute Gasteiger partial charge is 0.463 e. The maximum absolute atomic E-state index is 5.83. The van der Waals surface area contributed by atoms with Crippen LogP contribution in [0.5, 0.6) is 0 Å². The zero-order chi connectivity index (χ0) is 15.4. The average Bonchev–Trinajstić information content (AvgIpc) is 2.92. The normalized spacial score (nSPS) is 17.0. The van der Waals surface area contributed by atoms with Gasteiger partial charge in [0.2, 0.25) is 0 Å². The molecular formula is C15H16ClN5O. The Hall–Kier alpha value is -2.34. The Bertz CT molecular complexity index is 674. The van der Waals surface area contributed by atoms with Crippen molar-refractivity contribution in [2.75, 3.05) is 11.9 Å². The van der Waals surface area contributed by atoms with Crippen LogP contribution in [0.1, 0.15) is 12.0 Å². The predicted octanol–water partition coefficient (Wildman–Crippen LogP) is 2.52. The van der Waals surface area contributed by atoms with Gasteiger partial charge >= 0.3 is 0 Å². The molecule has 0 radical (unpaired) electrons. The van der Waals surface area contributed by atoms with E-state index in [1.807, 2.05) is 12.1 Å². The second-order valence-electron chi connectivity index (χ2n) is 5.02. The number of rotatable bonds is 5. The van der Waals surface area contributed by atoms with Crippen molar-refractivity contribution in [3.05, 3.63) is 47.4 Å². The van der Waals surface area contributed by atoms with Gasteiger partial charge in [0.25, 0.3) is 6.02 Å². The van der Waals surface area contributed by atoms with Crippen molar-refractivity contribution in [1.82, 2.24) is 9.97 Å². The Morgan fingerprint density at radius 1 is 1.27 bits per heavy atom. The van der Waals surface area contributed by atoms with Gasteiger partial charge < -0.3 is 15.8 Å². The van der Waals surface area contributed by atoms with Gasteiger partial charge in [-0.2, -0.15) is 0 Å². The first-order valence-corrected chi connectivity index (χ1v) is 7.36. The lowest BCUT2D eigenvalue weighted by Crippen LogP contribution is -2.10. The van der Waals surface area contributed by atoms with Crippen LogP contribution < -0.4 is 11.1 Å². The molecule has 7 heteroatoms. The third-order valence-corrected chi connectivity index (χ3v) is 3.57. The predicted molar refractivity (Wildman–Crippen MR) is 86.5 cm³/mol. The number of ether oxygens (including phenoxy) is 1. The number of halogens is 1. The van der Waals surface area contributed by atoms with E-state index in [9.17, 15) is 0 Å². The maximum atomic E-state index is 5.83. The zero-order valence-corrected chi connectivity index (χ0v) is 12.6. The maximum Gasteiger partial charge on any atom is 0.282 e. The smallest absolute Gasteiger partial charge is 0.282 e. The lowest BCUT2D eigenvalue weighted by molar-refractivity contribution is 0.308. The molecule has 3 rings (SSSR count). The summed E-state index contributed by atoms with van der Waals surface area (Å²) >= 11 is 5.83. The molecule has 1 unspecified atom stereocenters. The van der Waals surface area contributed by atoms with Gasteiger partial charge in [-0.05, 0) is 30.5 Å². The fourth-order valence-corrected chi connectivity index (χ4v) is 2.37. The highest BCUT2D eigenvalue weighted by Gasteiger charge is 2.16. The highest BCUT2D eigenvalue weighted by atomic mass is 35.5. The van der Waals surface area contributed by atoms with E-state index in [4.69, 9.17) is 22.1 Å². The molecule has 0 spiro atoms. The van der Waals surface area contributed by atoms with Crippen LogP contribution in [0.15, 0.2) is 41.7 Å². The van der Waals surface area contributed by atoms with Crippen LogP contribution in [0.4, 0.5) is 11.5 Å². The van der Waals surface area contributed by atoms with Gasteiger partial charge in [-0.1, -0.05) is 23.7 Å². The lowest BCUT2D eigenvalue weighted by Gasteiger charge is -2.08. The van der Waals surface area contributed by atoms with Crippen LogP contribution in [-0.4, -0.2) is 28.6 Å². The zero-order valence-electron chi connectivity index (χ0n) is 11.9. The van der Waals surface area contributed by atoms with Crippen LogP contribution in [0.3, 0.4) is 0 Å². The van der Waals surface area contributed by atoms with Crippen molar-refractivity contribution >= 4 is 29.1 Å². The second kappa shape index (κ2) is 6.62. The highest BCUT2D eigenvalue weighted by molar-refractivity contribution is 6.29. The molecule has 114 valence electrons. The summed E-state index contributed by atoms with van der Waals surface area (Å²) in [4.78, 5) is 12.2. The number of nitrogens with zero attached hydrogens (tertiary/aromatic N) is 3. The molecule has 0 bridgehead atoms. The summed E-state index contributed by atoms with van der Waals surface area (Å²) in [5, 5.41) is 3.59. The number of aryl methyl sites for hydroxylation is 1. The van der Waals surface area contributed by atoms with Crippen molar-refractivity contribution in [1.29, 1.82) is 0 Å². The third kappa shape index (κ3) is 3.85.